The van der Waals surface area contributed by atoms with Crippen molar-refractivity contribution in [2.45, 2.75) is 97.8 Å². The second-order valence-corrected chi connectivity index (χ2v) is 43.7. The first-order valence-corrected chi connectivity index (χ1v) is 52.8. The van der Waals surface area contributed by atoms with Crippen LogP contribution in [0.25, 0.3) is 221 Å². The molecule has 0 N–H and O–H groups in total. The molecule has 0 aromatic heterocycles. The van der Waals surface area contributed by atoms with Gasteiger partial charge in [0.2, 0.25) is 0 Å². The van der Waals surface area contributed by atoms with Crippen LogP contribution in [0.1, 0.15) is 133 Å². The van der Waals surface area contributed by atoms with Gasteiger partial charge in [-0.3, -0.25) is 0 Å². The Morgan fingerprint density at radius 3 is 0.745 bits per heavy atom. The van der Waals surface area contributed by atoms with Crippen LogP contribution in [0.4, 0.5) is 0 Å². The molecule has 0 saturated carbocycles. The highest BCUT2D eigenvalue weighted by molar-refractivity contribution is 6.26. The van der Waals surface area contributed by atoms with Crippen molar-refractivity contribution in [3.8, 4) is 145 Å². The van der Waals surface area contributed by atoms with Gasteiger partial charge in [0.25, 0.3) is 0 Å². The molecule has 0 amide bonds. The van der Waals surface area contributed by atoms with E-state index >= 15 is 0 Å². The van der Waals surface area contributed by atoms with Gasteiger partial charge in [-0.1, -0.05) is 527 Å². The minimum atomic E-state index is -0.0614. The Morgan fingerprint density at radius 1 is 0.148 bits per heavy atom. The van der Waals surface area contributed by atoms with Crippen molar-refractivity contribution >= 4 is 76.3 Å². The van der Waals surface area contributed by atoms with Crippen molar-refractivity contribution in [1.29, 1.82) is 0 Å². The summed E-state index contributed by atoms with van der Waals surface area (Å²) in [6, 6.07) is 181. The minimum Gasteiger partial charge on any atom is -0.0622 e. The molecular formula is C149H114. The van der Waals surface area contributed by atoms with E-state index in [1.807, 2.05) is 0 Å². The number of aryl methyl sites for hydroxylation is 3. The highest BCUT2D eigenvalue weighted by Crippen LogP contribution is 2.59. The van der Waals surface area contributed by atoms with Crippen LogP contribution in [-0.4, -0.2) is 0 Å². The van der Waals surface area contributed by atoms with Gasteiger partial charge in [-0.05, 0) is 333 Å². The zero-order chi connectivity index (χ0) is 101. The molecule has 0 nitrogen and oxygen atoms in total. The molecule has 149 heavy (non-hydrogen) atoms. The Hall–Kier alpha value is -17.4. The largest absolute Gasteiger partial charge is 0.0622 e. The van der Waals surface area contributed by atoms with Crippen LogP contribution in [0.15, 0.2) is 485 Å². The van der Waals surface area contributed by atoms with E-state index in [2.05, 4.69) is 568 Å². The van der Waals surface area contributed by atoms with E-state index in [1.54, 1.807) is 0 Å². The number of benzene rings is 24. The summed E-state index contributed by atoms with van der Waals surface area (Å²) in [6.45, 7) is 25.6. The monoisotopic (exact) mass is 1900 g/mol. The van der Waals surface area contributed by atoms with Crippen molar-refractivity contribution in [3.05, 3.63) is 563 Å². The fourth-order valence-corrected chi connectivity index (χ4v) is 26.1. The van der Waals surface area contributed by atoms with Gasteiger partial charge in [0.1, 0.15) is 0 Å². The van der Waals surface area contributed by atoms with E-state index in [1.165, 1.54) is 293 Å². The van der Waals surface area contributed by atoms with Gasteiger partial charge < -0.3 is 0 Å². The number of rotatable bonds is 12. The molecule has 28 rings (SSSR count). The van der Waals surface area contributed by atoms with Crippen LogP contribution in [-0.2, 0) is 21.7 Å². The molecule has 0 aliphatic heterocycles. The highest BCUT2D eigenvalue weighted by atomic mass is 14.4. The van der Waals surface area contributed by atoms with Gasteiger partial charge in [-0.25, -0.2) is 0 Å². The second kappa shape index (κ2) is 36.1. The van der Waals surface area contributed by atoms with E-state index in [9.17, 15) is 0 Å². The van der Waals surface area contributed by atoms with Gasteiger partial charge in [-0.15, -0.1) is 0 Å². The average Bonchev–Trinajstić information content (AvgIpc) is 1.69. The lowest BCUT2D eigenvalue weighted by Gasteiger charge is -2.24. The Kier molecular flexibility index (Phi) is 22.1. The minimum absolute atomic E-state index is 0.0543. The SMILES string of the molecule is Cc1ccc2c(-c3cccc(C=C(c4ccccc4)c4ccccc4)c3)c3ccccc3c(-c3ccc4c(c3)C(C)(C)c3ccccc3-4)c2c1.Cc1ccc2c(-c3ccccc3-c3ccc(-c4ccccc4)cc3)c3ccccc3c(-c3ccc4c(c3)C(C)(C)c3ccccc3-4)c2c1.Cc1ccc2c(-c3ccccc3-c3ccc4c(c3)C(C)(C)c3ccccc3-4)c3ccccc3c(-c3ccc4c(c3)C(C)(C)c3ccccc3-4)c2c1. The first-order valence-electron chi connectivity index (χ1n) is 52.8. The molecule has 0 atom stereocenters. The van der Waals surface area contributed by atoms with Gasteiger partial charge in [-0.2, -0.15) is 0 Å². The van der Waals surface area contributed by atoms with Crippen LogP contribution in [0, 0.1) is 20.8 Å². The molecule has 0 radical (unpaired) electrons. The predicted octanol–water partition coefficient (Wildman–Crippen LogP) is 40.7. The standard InChI is InChI=1S/C51H40.C50H38.C48H36/c1-31-22-25-42-43(28-31)48(33-24-27-38-36-16-11-13-21-45(36)51(4,5)47(38)30-33)40-18-8-9-19-41(40)49(42)39-17-7-6-14-34(39)32-23-26-37-35-15-10-12-20-44(35)50(2,3)46(37)29-32;1-33-25-27-43-45(29-33)49(38-26-28-40-39-21-12-13-24-46(39)50(2,3)47(40)32-38)42-23-11-10-22-41(42)48(43)37-20-14-15-34(30-37)31-44(35-16-6-4-7-17-35)36-18-8-5-9-19-36;1-31-21-27-42-43(29-31)46(35-26-28-38-37-16-11-12-20-44(37)48(2,3)45(38)30-35)40-18-9-10-19-41(40)47(42)39-17-8-7-15-36(39)34-24-22-33(23-25-34)32-13-5-4-6-14-32/h6-30H,1-5H3;4-32H,1-3H3;4-30H,1-3H3. The molecule has 0 spiro atoms. The first kappa shape index (κ1) is 91.5. The summed E-state index contributed by atoms with van der Waals surface area (Å²) in [4.78, 5) is 0. The zero-order valence-corrected chi connectivity index (χ0v) is 86.3. The van der Waals surface area contributed by atoms with Crippen molar-refractivity contribution < 1.29 is 0 Å². The fourth-order valence-electron chi connectivity index (χ4n) is 26.1. The van der Waals surface area contributed by atoms with E-state index in [0.717, 1.165) is 0 Å². The van der Waals surface area contributed by atoms with Gasteiger partial charge in [0.05, 0.1) is 0 Å². The average molecular weight is 1900 g/mol. The number of fused-ring (bicyclic) bond motifs is 18. The zero-order valence-electron chi connectivity index (χ0n) is 86.3. The number of hydrogen-bond acceptors (Lipinski definition) is 0. The van der Waals surface area contributed by atoms with Crippen LogP contribution in [0.5, 0.6) is 0 Å². The maximum Gasteiger partial charge on any atom is 0.0159 e. The maximum atomic E-state index is 2.48. The lowest BCUT2D eigenvalue weighted by Crippen LogP contribution is -2.14. The Bertz CT molecular complexity index is 9580. The molecule has 0 heterocycles. The second-order valence-electron chi connectivity index (χ2n) is 43.7. The third kappa shape index (κ3) is 15.2. The first-order chi connectivity index (χ1) is 72.7. The molecule has 0 unspecified atom stereocenters. The van der Waals surface area contributed by atoms with Crippen LogP contribution in [0.3, 0.4) is 0 Å². The fraction of sp³-hybridized carbons (Fsp3) is 0.101. The molecule has 4 aliphatic rings. The van der Waals surface area contributed by atoms with Crippen molar-refractivity contribution in [1.82, 2.24) is 0 Å². The van der Waals surface area contributed by atoms with E-state index < -0.39 is 0 Å². The predicted molar refractivity (Wildman–Crippen MR) is 638 cm³/mol. The third-order valence-corrected chi connectivity index (χ3v) is 33.4. The van der Waals surface area contributed by atoms with Gasteiger partial charge in [0.15, 0.2) is 0 Å². The molecule has 24 aromatic carbocycles. The van der Waals surface area contributed by atoms with Crippen LogP contribution < -0.4 is 0 Å². The van der Waals surface area contributed by atoms with Gasteiger partial charge in [0, 0.05) is 21.7 Å². The Morgan fingerprint density at radius 2 is 0.383 bits per heavy atom. The molecular weight excluding hydrogens is 1790 g/mol. The molecule has 4 aliphatic carbocycles. The van der Waals surface area contributed by atoms with Gasteiger partial charge >= 0.3 is 0 Å². The molecule has 0 saturated heterocycles. The summed E-state index contributed by atoms with van der Waals surface area (Å²) in [6.07, 6.45) is 2.33. The van der Waals surface area contributed by atoms with E-state index in [4.69, 9.17) is 0 Å². The lowest BCUT2D eigenvalue weighted by molar-refractivity contribution is 0.660. The van der Waals surface area contributed by atoms with E-state index in [0.29, 0.717) is 0 Å². The molecule has 0 heteroatoms. The van der Waals surface area contributed by atoms with Crippen LogP contribution in [0.2, 0.25) is 0 Å². The molecule has 0 fully saturated rings. The smallest absolute Gasteiger partial charge is 0.0159 e. The molecule has 0 bridgehead atoms. The summed E-state index contributed by atoms with van der Waals surface area (Å²) in [5.74, 6) is 0. The number of hydrogen-bond donors (Lipinski definition) is 0. The Labute approximate surface area is 875 Å². The van der Waals surface area contributed by atoms with Crippen molar-refractivity contribution in [2.75, 3.05) is 0 Å². The summed E-state index contributed by atoms with van der Waals surface area (Å²) >= 11 is 0. The normalized spacial score (nSPS) is 13.6. The summed E-state index contributed by atoms with van der Waals surface area (Å²) in [7, 11) is 0. The maximum absolute atomic E-state index is 2.48. The topological polar surface area (TPSA) is 0 Å². The Balaban J connectivity index is 0.000000113. The van der Waals surface area contributed by atoms with Crippen LogP contribution >= 0.6 is 0 Å². The van der Waals surface area contributed by atoms with Crippen molar-refractivity contribution in [2.24, 2.45) is 0 Å². The molecule has 710 valence electrons. The van der Waals surface area contributed by atoms with Crippen molar-refractivity contribution in [3.63, 3.8) is 0 Å². The summed E-state index contributed by atoms with van der Waals surface area (Å²) < 4.78 is 0. The summed E-state index contributed by atoms with van der Waals surface area (Å²) in [5.41, 5.74) is 53.3. The molecule has 24 aromatic rings. The summed E-state index contributed by atoms with van der Waals surface area (Å²) in [5, 5.41) is 15.4. The third-order valence-electron chi connectivity index (χ3n) is 33.4. The van der Waals surface area contributed by atoms with E-state index in [-0.39, 0.29) is 21.7 Å². The quantitative estimate of drug-likeness (QED) is 0.0845. The lowest BCUT2D eigenvalue weighted by atomic mass is 9.79. The highest BCUT2D eigenvalue weighted by Gasteiger charge is 2.41.